The molecule has 6 heteroatoms. The van der Waals surface area contributed by atoms with Crippen LogP contribution >= 0.6 is 0 Å². The van der Waals surface area contributed by atoms with Gasteiger partial charge in [0.1, 0.15) is 11.5 Å². The van der Waals surface area contributed by atoms with E-state index >= 15 is 0 Å². The summed E-state index contributed by atoms with van der Waals surface area (Å²) in [6.45, 7) is 2.54. The zero-order valence-corrected chi connectivity index (χ0v) is 16.9. The first kappa shape index (κ1) is 19.1. The number of aliphatic hydroxyl groups excluding tert-OH is 1. The summed E-state index contributed by atoms with van der Waals surface area (Å²) in [5.74, 6) is -0.815. The third kappa shape index (κ3) is 3.17. The van der Waals surface area contributed by atoms with E-state index in [0.29, 0.717) is 23.4 Å². The molecule has 1 fully saturated rings. The SMILES string of the molecule is Cc1ccc(N2C(=O)C(=O)/C(=C(\O)c3ccc4c(c3)CCO4)C2c2cccnc2)cc1. The van der Waals surface area contributed by atoms with Crippen LogP contribution in [0.3, 0.4) is 0 Å². The third-order valence-electron chi connectivity index (χ3n) is 5.72. The molecule has 154 valence electrons. The van der Waals surface area contributed by atoms with Crippen molar-refractivity contribution < 1.29 is 19.4 Å². The van der Waals surface area contributed by atoms with E-state index in [-0.39, 0.29) is 11.3 Å². The second kappa shape index (κ2) is 7.40. The van der Waals surface area contributed by atoms with Crippen molar-refractivity contribution >= 4 is 23.1 Å². The van der Waals surface area contributed by atoms with Crippen LogP contribution in [0.1, 0.15) is 28.3 Å². The van der Waals surface area contributed by atoms with Crippen LogP contribution in [0.25, 0.3) is 5.76 Å². The number of hydrogen-bond donors (Lipinski definition) is 1. The van der Waals surface area contributed by atoms with Gasteiger partial charge in [-0.05, 0) is 54.4 Å². The number of carbonyl (C=O) groups is 2. The summed E-state index contributed by atoms with van der Waals surface area (Å²) in [6, 6.07) is 15.5. The van der Waals surface area contributed by atoms with E-state index in [0.717, 1.165) is 23.3 Å². The van der Waals surface area contributed by atoms with Gasteiger partial charge in [-0.1, -0.05) is 23.8 Å². The molecule has 2 aromatic carbocycles. The Hall–Kier alpha value is -3.93. The molecule has 31 heavy (non-hydrogen) atoms. The molecular formula is C25H20N2O4. The molecule has 0 saturated carbocycles. The summed E-state index contributed by atoms with van der Waals surface area (Å²) in [4.78, 5) is 31.8. The number of aliphatic hydroxyl groups is 1. The quantitative estimate of drug-likeness (QED) is 0.400. The first-order valence-electron chi connectivity index (χ1n) is 10.1. The Labute approximate surface area is 179 Å². The number of ether oxygens (including phenoxy) is 1. The van der Waals surface area contributed by atoms with E-state index in [1.54, 1.807) is 48.8 Å². The number of fused-ring (bicyclic) bond motifs is 1. The van der Waals surface area contributed by atoms with Crippen LogP contribution in [0.15, 0.2) is 72.6 Å². The number of aromatic nitrogens is 1. The van der Waals surface area contributed by atoms with E-state index in [2.05, 4.69) is 4.98 Å². The van der Waals surface area contributed by atoms with Crippen LogP contribution in [0.2, 0.25) is 0 Å². The van der Waals surface area contributed by atoms with Crippen LogP contribution in [-0.2, 0) is 16.0 Å². The van der Waals surface area contributed by atoms with Gasteiger partial charge in [0, 0.05) is 30.1 Å². The van der Waals surface area contributed by atoms with Crippen molar-refractivity contribution in [2.75, 3.05) is 11.5 Å². The Morgan fingerprint density at radius 3 is 2.68 bits per heavy atom. The lowest BCUT2D eigenvalue weighted by Crippen LogP contribution is -2.29. The largest absolute Gasteiger partial charge is 0.507 e. The Kier molecular flexibility index (Phi) is 4.55. The van der Waals surface area contributed by atoms with Gasteiger partial charge in [-0.3, -0.25) is 19.5 Å². The van der Waals surface area contributed by atoms with Crippen molar-refractivity contribution in [1.82, 2.24) is 4.98 Å². The zero-order valence-electron chi connectivity index (χ0n) is 16.9. The van der Waals surface area contributed by atoms with E-state index in [9.17, 15) is 14.7 Å². The average Bonchev–Trinajstić information content (AvgIpc) is 3.37. The molecule has 0 spiro atoms. The van der Waals surface area contributed by atoms with Crippen molar-refractivity contribution in [3.63, 3.8) is 0 Å². The fourth-order valence-electron chi connectivity index (χ4n) is 4.15. The van der Waals surface area contributed by atoms with Crippen molar-refractivity contribution in [1.29, 1.82) is 0 Å². The molecule has 1 atom stereocenters. The number of carbonyl (C=O) groups excluding carboxylic acids is 2. The van der Waals surface area contributed by atoms with E-state index < -0.39 is 17.7 Å². The lowest BCUT2D eigenvalue weighted by atomic mass is 9.95. The molecule has 1 unspecified atom stereocenters. The number of pyridine rings is 1. The highest BCUT2D eigenvalue weighted by Gasteiger charge is 2.47. The Balaban J connectivity index is 1.69. The number of ketones is 1. The Morgan fingerprint density at radius 2 is 1.94 bits per heavy atom. The van der Waals surface area contributed by atoms with E-state index in [4.69, 9.17) is 4.74 Å². The molecule has 1 saturated heterocycles. The minimum atomic E-state index is -0.777. The second-order valence-corrected chi connectivity index (χ2v) is 7.71. The number of anilines is 1. The normalized spacial score (nSPS) is 19.4. The first-order valence-corrected chi connectivity index (χ1v) is 10.1. The van der Waals surface area contributed by atoms with Gasteiger partial charge in [-0.2, -0.15) is 0 Å². The van der Waals surface area contributed by atoms with Gasteiger partial charge in [0.25, 0.3) is 11.7 Å². The van der Waals surface area contributed by atoms with Gasteiger partial charge < -0.3 is 9.84 Å². The van der Waals surface area contributed by atoms with Crippen molar-refractivity contribution in [2.45, 2.75) is 19.4 Å². The lowest BCUT2D eigenvalue weighted by Gasteiger charge is -2.25. The fourth-order valence-corrected chi connectivity index (χ4v) is 4.15. The Morgan fingerprint density at radius 1 is 1.13 bits per heavy atom. The van der Waals surface area contributed by atoms with Gasteiger partial charge >= 0.3 is 0 Å². The van der Waals surface area contributed by atoms with E-state index in [1.165, 1.54) is 4.90 Å². The number of nitrogens with zero attached hydrogens (tertiary/aromatic N) is 2. The molecule has 3 aromatic rings. The number of benzene rings is 2. The monoisotopic (exact) mass is 412 g/mol. The molecule has 2 aliphatic heterocycles. The summed E-state index contributed by atoms with van der Waals surface area (Å²) >= 11 is 0. The van der Waals surface area contributed by atoms with Crippen LogP contribution in [0.4, 0.5) is 5.69 Å². The summed E-state index contributed by atoms with van der Waals surface area (Å²) < 4.78 is 5.54. The molecule has 6 nitrogen and oxygen atoms in total. The third-order valence-corrected chi connectivity index (χ3v) is 5.72. The molecule has 0 radical (unpaired) electrons. The molecule has 5 rings (SSSR count). The van der Waals surface area contributed by atoms with Crippen LogP contribution in [0.5, 0.6) is 5.75 Å². The van der Waals surface area contributed by atoms with Crippen LogP contribution in [-0.4, -0.2) is 28.4 Å². The molecule has 3 heterocycles. The highest BCUT2D eigenvalue weighted by molar-refractivity contribution is 6.51. The highest BCUT2D eigenvalue weighted by atomic mass is 16.5. The topological polar surface area (TPSA) is 79.7 Å². The maximum Gasteiger partial charge on any atom is 0.300 e. The van der Waals surface area contributed by atoms with Crippen LogP contribution in [0, 0.1) is 6.92 Å². The number of amides is 1. The maximum atomic E-state index is 13.1. The molecule has 1 N–H and O–H groups in total. The van der Waals surface area contributed by atoms with Crippen molar-refractivity contribution in [3.05, 3.63) is 94.8 Å². The summed E-state index contributed by atoms with van der Waals surface area (Å²) in [6.07, 6.45) is 3.98. The van der Waals surface area contributed by atoms with E-state index in [1.807, 2.05) is 25.1 Å². The molecule has 1 aromatic heterocycles. The second-order valence-electron chi connectivity index (χ2n) is 7.71. The molecular weight excluding hydrogens is 392 g/mol. The van der Waals surface area contributed by atoms with Gasteiger partial charge in [-0.25, -0.2) is 0 Å². The smallest absolute Gasteiger partial charge is 0.300 e. The van der Waals surface area contributed by atoms with Gasteiger partial charge in [0.05, 0.1) is 18.2 Å². The highest BCUT2D eigenvalue weighted by Crippen LogP contribution is 2.42. The molecule has 1 amide bonds. The van der Waals surface area contributed by atoms with Gasteiger partial charge in [0.2, 0.25) is 0 Å². The number of aryl methyl sites for hydroxylation is 1. The minimum Gasteiger partial charge on any atom is -0.507 e. The first-order chi connectivity index (χ1) is 15.0. The maximum absolute atomic E-state index is 13.1. The lowest BCUT2D eigenvalue weighted by molar-refractivity contribution is -0.132. The number of hydrogen-bond acceptors (Lipinski definition) is 5. The number of Topliss-reactive ketones (excluding diaryl/α,β-unsaturated/α-hetero) is 1. The molecule has 0 aliphatic carbocycles. The summed E-state index contributed by atoms with van der Waals surface area (Å²) in [5, 5.41) is 11.2. The van der Waals surface area contributed by atoms with Gasteiger partial charge in [0.15, 0.2) is 0 Å². The summed E-state index contributed by atoms with van der Waals surface area (Å²) in [7, 11) is 0. The predicted octanol–water partition coefficient (Wildman–Crippen LogP) is 3.95. The average molecular weight is 412 g/mol. The zero-order chi connectivity index (χ0) is 21.5. The predicted molar refractivity (Wildman–Crippen MR) is 116 cm³/mol. The standard InChI is InChI=1S/C25H20N2O4/c1-15-4-7-19(8-5-15)27-22(18-3-2-11-26-14-18)21(24(29)25(27)30)23(28)17-6-9-20-16(13-17)10-12-31-20/h2-9,11,13-14,22,28H,10,12H2,1H3/b23-21-. The van der Waals surface area contributed by atoms with Gasteiger partial charge in [-0.15, -0.1) is 0 Å². The fraction of sp³-hybridized carbons (Fsp3) is 0.160. The molecule has 0 bridgehead atoms. The number of rotatable bonds is 3. The van der Waals surface area contributed by atoms with Crippen LogP contribution < -0.4 is 9.64 Å². The van der Waals surface area contributed by atoms with Crippen molar-refractivity contribution in [3.8, 4) is 5.75 Å². The molecule has 2 aliphatic rings. The summed E-state index contributed by atoms with van der Waals surface area (Å²) in [5.41, 5.74) is 3.78. The van der Waals surface area contributed by atoms with Crippen molar-refractivity contribution in [2.24, 2.45) is 0 Å². The minimum absolute atomic E-state index is 0.0532. The Bertz CT molecular complexity index is 1220.